The monoisotopic (exact) mass is 279 g/mol. The van der Waals surface area contributed by atoms with E-state index in [0.717, 1.165) is 5.69 Å². The average molecular weight is 279 g/mol. The molecule has 1 aromatic rings. The molecule has 0 radical (unpaired) electrons. The first kappa shape index (κ1) is 15.1. The van der Waals surface area contributed by atoms with Crippen molar-refractivity contribution in [3.05, 3.63) is 17.6 Å². The zero-order chi connectivity index (χ0) is 13.8. The van der Waals surface area contributed by atoms with E-state index in [2.05, 4.69) is 15.3 Å². The van der Waals surface area contributed by atoms with Crippen LogP contribution in [0.5, 0.6) is 0 Å². The third kappa shape index (κ3) is 5.57. The number of aryl methyl sites for hydroxylation is 1. The van der Waals surface area contributed by atoms with Gasteiger partial charge in [0.2, 0.25) is 0 Å². The Morgan fingerprint density at radius 3 is 2.56 bits per heavy atom. The summed E-state index contributed by atoms with van der Waals surface area (Å²) in [6, 6.07) is 1.73. The SMILES string of the molecule is Cc1cc(NCCSC(F)(F)F)nc(C(C)C)n1. The second-order valence-corrected chi connectivity index (χ2v) is 5.29. The smallest absolute Gasteiger partial charge is 0.369 e. The van der Waals surface area contributed by atoms with Gasteiger partial charge < -0.3 is 5.32 Å². The van der Waals surface area contributed by atoms with E-state index in [1.165, 1.54) is 0 Å². The highest BCUT2D eigenvalue weighted by molar-refractivity contribution is 8.00. The summed E-state index contributed by atoms with van der Waals surface area (Å²) in [7, 11) is 0. The minimum atomic E-state index is -4.17. The number of nitrogens with zero attached hydrogens (tertiary/aromatic N) is 2. The number of hydrogen-bond acceptors (Lipinski definition) is 4. The molecule has 0 spiro atoms. The Morgan fingerprint density at radius 1 is 1.33 bits per heavy atom. The lowest BCUT2D eigenvalue weighted by Gasteiger charge is -2.10. The molecular formula is C11H16F3N3S. The minimum absolute atomic E-state index is 0.0381. The maximum atomic E-state index is 11.9. The standard InChI is InChI=1S/C11H16F3N3S/c1-7(2)10-16-8(3)6-9(17-10)15-4-5-18-11(12,13)14/h6-7H,4-5H2,1-3H3,(H,15,16,17). The van der Waals surface area contributed by atoms with Crippen LogP contribution in [0.4, 0.5) is 19.0 Å². The van der Waals surface area contributed by atoms with Gasteiger partial charge in [-0.15, -0.1) is 0 Å². The van der Waals surface area contributed by atoms with Gasteiger partial charge in [-0.3, -0.25) is 0 Å². The molecule has 0 amide bonds. The summed E-state index contributed by atoms with van der Waals surface area (Å²) in [5.74, 6) is 1.42. The lowest BCUT2D eigenvalue weighted by Crippen LogP contribution is -2.12. The summed E-state index contributed by atoms with van der Waals surface area (Å²) in [6.07, 6.45) is 0. The van der Waals surface area contributed by atoms with E-state index in [1.807, 2.05) is 20.8 Å². The summed E-state index contributed by atoms with van der Waals surface area (Å²) < 4.78 is 35.8. The molecule has 0 saturated carbocycles. The van der Waals surface area contributed by atoms with Crippen molar-refractivity contribution in [1.29, 1.82) is 0 Å². The Labute approximate surface area is 109 Å². The molecule has 0 aromatic carbocycles. The van der Waals surface area contributed by atoms with Crippen LogP contribution < -0.4 is 5.32 Å². The van der Waals surface area contributed by atoms with Crippen molar-refractivity contribution in [3.63, 3.8) is 0 Å². The molecule has 0 saturated heterocycles. The van der Waals surface area contributed by atoms with Gasteiger partial charge >= 0.3 is 5.51 Å². The van der Waals surface area contributed by atoms with Crippen molar-refractivity contribution < 1.29 is 13.2 Å². The van der Waals surface area contributed by atoms with Gasteiger partial charge in [0.15, 0.2) is 0 Å². The van der Waals surface area contributed by atoms with Crippen LogP contribution in [0, 0.1) is 6.92 Å². The predicted molar refractivity (Wildman–Crippen MR) is 67.9 cm³/mol. The first-order valence-corrected chi connectivity index (χ1v) is 6.56. The van der Waals surface area contributed by atoms with Crippen molar-refractivity contribution >= 4 is 17.6 Å². The number of thioether (sulfide) groups is 1. The van der Waals surface area contributed by atoms with Gasteiger partial charge in [0, 0.05) is 30.0 Å². The normalized spacial score (nSPS) is 11.9. The first-order valence-electron chi connectivity index (χ1n) is 5.58. The average Bonchev–Trinajstić information content (AvgIpc) is 2.22. The number of aromatic nitrogens is 2. The number of hydrogen-bond donors (Lipinski definition) is 1. The molecule has 102 valence electrons. The molecule has 1 N–H and O–H groups in total. The number of nitrogens with one attached hydrogen (secondary N) is 1. The fraction of sp³-hybridized carbons (Fsp3) is 0.636. The zero-order valence-electron chi connectivity index (χ0n) is 10.5. The van der Waals surface area contributed by atoms with E-state index in [4.69, 9.17) is 0 Å². The molecule has 1 aromatic heterocycles. The lowest BCUT2D eigenvalue weighted by atomic mass is 10.2. The number of halogens is 3. The van der Waals surface area contributed by atoms with Gasteiger partial charge in [-0.2, -0.15) is 13.2 Å². The fourth-order valence-electron chi connectivity index (χ4n) is 1.29. The van der Waals surface area contributed by atoms with E-state index in [9.17, 15) is 13.2 Å². The third-order valence-corrected chi connectivity index (χ3v) is 2.80. The number of rotatable bonds is 5. The minimum Gasteiger partial charge on any atom is -0.369 e. The van der Waals surface area contributed by atoms with Crippen LogP contribution in [0.2, 0.25) is 0 Å². The molecule has 0 unspecified atom stereocenters. The Kier molecular flexibility index (Phi) is 5.25. The van der Waals surface area contributed by atoms with Crippen molar-refractivity contribution in [3.8, 4) is 0 Å². The van der Waals surface area contributed by atoms with Crippen LogP contribution in [0.15, 0.2) is 6.07 Å². The van der Waals surface area contributed by atoms with Crippen molar-refractivity contribution in [2.24, 2.45) is 0 Å². The first-order chi connectivity index (χ1) is 8.28. The van der Waals surface area contributed by atoms with Crippen LogP contribution >= 0.6 is 11.8 Å². The summed E-state index contributed by atoms with van der Waals surface area (Å²) in [5.41, 5.74) is -3.37. The van der Waals surface area contributed by atoms with Gasteiger partial charge in [-0.05, 0) is 18.7 Å². The molecule has 1 rings (SSSR count). The van der Waals surface area contributed by atoms with Crippen LogP contribution in [-0.4, -0.2) is 27.8 Å². The summed E-state index contributed by atoms with van der Waals surface area (Å²) in [5, 5.41) is 2.88. The largest absolute Gasteiger partial charge is 0.441 e. The Balaban J connectivity index is 2.52. The molecule has 1 heterocycles. The van der Waals surface area contributed by atoms with E-state index in [1.54, 1.807) is 6.07 Å². The van der Waals surface area contributed by atoms with Crippen LogP contribution in [0.25, 0.3) is 0 Å². The molecule has 0 atom stereocenters. The highest BCUT2D eigenvalue weighted by atomic mass is 32.2. The zero-order valence-corrected chi connectivity index (χ0v) is 11.3. The number of anilines is 1. The van der Waals surface area contributed by atoms with Crippen LogP contribution in [0.1, 0.15) is 31.3 Å². The van der Waals surface area contributed by atoms with Gasteiger partial charge in [0.25, 0.3) is 0 Å². The molecule has 7 heteroatoms. The lowest BCUT2D eigenvalue weighted by molar-refractivity contribution is -0.0327. The van der Waals surface area contributed by atoms with E-state index in [-0.39, 0.29) is 30.0 Å². The summed E-state index contributed by atoms with van der Waals surface area (Å²) in [4.78, 5) is 8.52. The van der Waals surface area contributed by atoms with E-state index < -0.39 is 5.51 Å². The highest BCUT2D eigenvalue weighted by Crippen LogP contribution is 2.29. The Bertz CT molecular complexity index is 394. The van der Waals surface area contributed by atoms with Crippen molar-refractivity contribution in [1.82, 2.24) is 9.97 Å². The molecule has 0 aliphatic rings. The quantitative estimate of drug-likeness (QED) is 0.836. The van der Waals surface area contributed by atoms with Crippen molar-refractivity contribution in [2.75, 3.05) is 17.6 Å². The highest BCUT2D eigenvalue weighted by Gasteiger charge is 2.27. The second kappa shape index (κ2) is 6.26. The molecule has 0 aliphatic heterocycles. The van der Waals surface area contributed by atoms with Crippen molar-refractivity contribution in [2.45, 2.75) is 32.2 Å². The van der Waals surface area contributed by atoms with Crippen LogP contribution in [-0.2, 0) is 0 Å². The van der Waals surface area contributed by atoms with E-state index in [0.29, 0.717) is 11.6 Å². The topological polar surface area (TPSA) is 37.8 Å². The molecular weight excluding hydrogens is 263 g/mol. The maximum Gasteiger partial charge on any atom is 0.441 e. The molecule has 0 aliphatic carbocycles. The predicted octanol–water partition coefficient (Wildman–Crippen LogP) is 3.57. The number of alkyl halides is 3. The second-order valence-electron chi connectivity index (χ2n) is 4.13. The van der Waals surface area contributed by atoms with Crippen LogP contribution in [0.3, 0.4) is 0 Å². The molecule has 0 bridgehead atoms. The van der Waals surface area contributed by atoms with Gasteiger partial charge in [-0.1, -0.05) is 13.8 Å². The Morgan fingerprint density at radius 2 is 2.00 bits per heavy atom. The third-order valence-electron chi connectivity index (χ3n) is 2.06. The molecule has 18 heavy (non-hydrogen) atoms. The summed E-state index contributed by atoms with van der Waals surface area (Å²) >= 11 is -0.0384. The van der Waals surface area contributed by atoms with Gasteiger partial charge in [0.05, 0.1) is 0 Å². The molecule has 0 fully saturated rings. The Hall–Kier alpha value is -0.980. The fourth-order valence-corrected chi connectivity index (χ4v) is 1.72. The van der Waals surface area contributed by atoms with Gasteiger partial charge in [-0.25, -0.2) is 9.97 Å². The van der Waals surface area contributed by atoms with E-state index >= 15 is 0 Å². The van der Waals surface area contributed by atoms with Gasteiger partial charge in [0.1, 0.15) is 11.6 Å². The molecule has 3 nitrogen and oxygen atoms in total. The summed E-state index contributed by atoms with van der Waals surface area (Å²) in [6.45, 7) is 6.00. The maximum absolute atomic E-state index is 11.9.